The molecule has 4 rings (SSSR count). The smallest absolute Gasteiger partial charge is 0.259 e. The highest BCUT2D eigenvalue weighted by atomic mass is 16.5. The fraction of sp³-hybridized carbons (Fsp3) is 0.481. The fourth-order valence-electron chi connectivity index (χ4n) is 4.07. The predicted octanol–water partition coefficient (Wildman–Crippen LogP) is 2.36. The summed E-state index contributed by atoms with van der Waals surface area (Å²) in [5.74, 6) is 6.56. The van der Waals surface area contributed by atoms with Crippen LogP contribution in [0.5, 0.6) is 5.88 Å². The molecule has 2 aliphatic rings. The van der Waals surface area contributed by atoms with E-state index >= 15 is 0 Å². The van der Waals surface area contributed by atoms with Gasteiger partial charge < -0.3 is 19.6 Å². The van der Waals surface area contributed by atoms with E-state index in [9.17, 15) is 14.7 Å². The quantitative estimate of drug-likeness (QED) is 0.643. The van der Waals surface area contributed by atoms with Crippen LogP contribution in [0.2, 0.25) is 0 Å². The van der Waals surface area contributed by atoms with E-state index in [2.05, 4.69) is 21.8 Å². The summed E-state index contributed by atoms with van der Waals surface area (Å²) in [6.07, 6.45) is 7.38. The number of carbonyl (C=O) groups excluding carboxylic acids is 2. The molecular weight excluding hydrogens is 444 g/mol. The number of likely N-dealkylation sites (N-methyl/N-ethyl adjacent to an activating group) is 1. The molecule has 2 aromatic rings. The molecule has 0 unspecified atom stereocenters. The van der Waals surface area contributed by atoms with Crippen molar-refractivity contribution in [2.75, 3.05) is 26.7 Å². The van der Waals surface area contributed by atoms with Crippen molar-refractivity contribution in [2.45, 2.75) is 45.3 Å². The largest absolute Gasteiger partial charge is 0.472 e. The van der Waals surface area contributed by atoms with Crippen molar-refractivity contribution in [3.63, 3.8) is 0 Å². The Balaban J connectivity index is 1.63. The molecule has 8 heteroatoms. The Morgan fingerprint density at radius 2 is 2.09 bits per heavy atom. The molecule has 0 radical (unpaired) electrons. The Bertz CT molecular complexity index is 1120. The Labute approximate surface area is 206 Å². The molecule has 1 aliphatic heterocycles. The molecule has 1 aliphatic carbocycles. The number of aliphatic hydroxyl groups is 1. The third-order valence-corrected chi connectivity index (χ3v) is 6.57. The van der Waals surface area contributed by atoms with Gasteiger partial charge in [-0.1, -0.05) is 18.8 Å². The lowest BCUT2D eigenvalue weighted by Gasteiger charge is -2.37. The van der Waals surface area contributed by atoms with Crippen LogP contribution >= 0.6 is 0 Å². The number of carbonyl (C=O) groups is 2. The van der Waals surface area contributed by atoms with Gasteiger partial charge in [0.05, 0.1) is 19.2 Å². The molecule has 8 nitrogen and oxygen atoms in total. The molecule has 0 aromatic carbocycles. The van der Waals surface area contributed by atoms with E-state index in [1.165, 1.54) is 0 Å². The molecule has 2 amide bonds. The van der Waals surface area contributed by atoms with E-state index < -0.39 is 0 Å². The predicted molar refractivity (Wildman–Crippen MR) is 131 cm³/mol. The minimum absolute atomic E-state index is 0.0795. The summed E-state index contributed by atoms with van der Waals surface area (Å²) in [5.41, 5.74) is 1.63. The second-order valence-electron chi connectivity index (χ2n) is 9.61. The van der Waals surface area contributed by atoms with Crippen molar-refractivity contribution in [3.8, 4) is 17.7 Å². The molecule has 1 N–H and O–H groups in total. The maximum absolute atomic E-state index is 13.5. The van der Waals surface area contributed by atoms with Gasteiger partial charge in [-0.2, -0.15) is 0 Å². The summed E-state index contributed by atoms with van der Waals surface area (Å²) in [6.45, 7) is 4.43. The summed E-state index contributed by atoms with van der Waals surface area (Å²) in [6, 6.07) is 4.96. The van der Waals surface area contributed by atoms with Crippen LogP contribution < -0.4 is 4.74 Å². The van der Waals surface area contributed by atoms with Crippen molar-refractivity contribution in [2.24, 2.45) is 11.8 Å². The first-order chi connectivity index (χ1) is 16.9. The van der Waals surface area contributed by atoms with E-state index in [0.717, 1.165) is 18.4 Å². The Hall–Kier alpha value is -3.44. The molecule has 2 aromatic heterocycles. The average Bonchev–Trinajstić information content (AvgIpc) is 3.69. The molecule has 184 valence electrons. The van der Waals surface area contributed by atoms with Crippen LogP contribution in [0, 0.1) is 23.7 Å². The summed E-state index contributed by atoms with van der Waals surface area (Å²) in [5, 5.41) is 9.82. The third kappa shape index (κ3) is 6.17. The van der Waals surface area contributed by atoms with Crippen LogP contribution in [0.15, 0.2) is 36.8 Å². The topological polar surface area (TPSA) is 95.9 Å². The normalized spacial score (nSPS) is 20.5. The lowest BCUT2D eigenvalue weighted by Crippen LogP contribution is -2.50. The van der Waals surface area contributed by atoms with E-state index in [1.807, 2.05) is 26.0 Å². The number of hydrogen-bond acceptors (Lipinski definition) is 6. The number of aliphatic hydroxyl groups excluding tert-OH is 1. The minimum atomic E-state index is -0.379. The Morgan fingerprint density at radius 1 is 1.31 bits per heavy atom. The number of amides is 2. The van der Waals surface area contributed by atoms with Crippen LogP contribution in [0.3, 0.4) is 0 Å². The standard InChI is InChI=1S/C27H32N4O4/c1-18-15-31(19(2)17-32)27(34)23-11-22(9-8-21-5-4-10-28-13-21)14-29-26(23)35-24(18)16-30(3)25(33)12-20-6-7-20/h4-5,10-11,13-14,18-20,24,32H,6-7,12,15-17H2,1-3H3/t18-,19+,24-/m1/s1. The number of rotatable bonds is 6. The fourth-order valence-corrected chi connectivity index (χ4v) is 4.07. The molecule has 0 bridgehead atoms. The van der Waals surface area contributed by atoms with Gasteiger partial charge in [0.1, 0.15) is 11.7 Å². The summed E-state index contributed by atoms with van der Waals surface area (Å²) >= 11 is 0. The number of fused-ring (bicyclic) bond motifs is 1. The zero-order valence-corrected chi connectivity index (χ0v) is 20.5. The third-order valence-electron chi connectivity index (χ3n) is 6.57. The number of nitrogens with zero attached hydrogens (tertiary/aromatic N) is 4. The van der Waals surface area contributed by atoms with Gasteiger partial charge >= 0.3 is 0 Å². The number of ether oxygens (including phenoxy) is 1. The zero-order valence-electron chi connectivity index (χ0n) is 20.5. The maximum Gasteiger partial charge on any atom is 0.259 e. The Morgan fingerprint density at radius 3 is 2.77 bits per heavy atom. The van der Waals surface area contributed by atoms with Crippen LogP contribution in [-0.2, 0) is 4.79 Å². The lowest BCUT2D eigenvalue weighted by atomic mass is 9.99. The monoisotopic (exact) mass is 476 g/mol. The molecule has 1 saturated carbocycles. The number of pyridine rings is 2. The van der Waals surface area contributed by atoms with E-state index in [4.69, 9.17) is 4.74 Å². The highest BCUT2D eigenvalue weighted by Crippen LogP contribution is 2.33. The molecule has 1 fully saturated rings. The number of hydrogen-bond donors (Lipinski definition) is 1. The first kappa shape index (κ1) is 24.7. The van der Waals surface area contributed by atoms with Gasteiger partial charge in [-0.3, -0.25) is 14.6 Å². The molecular formula is C27H32N4O4. The molecule has 0 spiro atoms. The lowest BCUT2D eigenvalue weighted by molar-refractivity contribution is -0.131. The second kappa shape index (κ2) is 10.9. The highest BCUT2D eigenvalue weighted by Gasteiger charge is 2.35. The van der Waals surface area contributed by atoms with Gasteiger partial charge in [0, 0.05) is 55.6 Å². The number of aromatic nitrogens is 2. The minimum Gasteiger partial charge on any atom is -0.472 e. The average molecular weight is 477 g/mol. The summed E-state index contributed by atoms with van der Waals surface area (Å²) < 4.78 is 6.27. The van der Waals surface area contributed by atoms with E-state index in [1.54, 1.807) is 41.5 Å². The van der Waals surface area contributed by atoms with Crippen LogP contribution in [0.25, 0.3) is 0 Å². The summed E-state index contributed by atoms with van der Waals surface area (Å²) in [4.78, 5) is 38.0. The van der Waals surface area contributed by atoms with Crippen molar-refractivity contribution >= 4 is 11.8 Å². The Kier molecular flexibility index (Phi) is 7.67. The van der Waals surface area contributed by atoms with E-state index in [-0.39, 0.29) is 42.4 Å². The van der Waals surface area contributed by atoms with Crippen LogP contribution in [0.1, 0.15) is 54.6 Å². The van der Waals surface area contributed by atoms with Crippen molar-refractivity contribution in [3.05, 3.63) is 53.5 Å². The first-order valence-electron chi connectivity index (χ1n) is 12.1. The van der Waals surface area contributed by atoms with Gasteiger partial charge in [-0.05, 0) is 43.9 Å². The van der Waals surface area contributed by atoms with Crippen LogP contribution in [0.4, 0.5) is 0 Å². The van der Waals surface area contributed by atoms with Gasteiger partial charge in [0.15, 0.2) is 0 Å². The van der Waals surface area contributed by atoms with Crippen molar-refractivity contribution in [1.82, 2.24) is 19.8 Å². The molecule has 0 saturated heterocycles. The molecule has 3 atom stereocenters. The summed E-state index contributed by atoms with van der Waals surface area (Å²) in [7, 11) is 1.80. The highest BCUT2D eigenvalue weighted by molar-refractivity contribution is 5.97. The van der Waals surface area contributed by atoms with Gasteiger partial charge in [-0.25, -0.2) is 4.98 Å². The zero-order chi connectivity index (χ0) is 24.9. The molecule has 35 heavy (non-hydrogen) atoms. The van der Waals surface area contributed by atoms with Crippen molar-refractivity contribution < 1.29 is 19.4 Å². The van der Waals surface area contributed by atoms with Crippen LogP contribution in [-0.4, -0.2) is 75.6 Å². The first-order valence-corrected chi connectivity index (χ1v) is 12.1. The van der Waals surface area contributed by atoms with Gasteiger partial charge in [-0.15, -0.1) is 0 Å². The second-order valence-corrected chi connectivity index (χ2v) is 9.61. The van der Waals surface area contributed by atoms with Gasteiger partial charge in [0.2, 0.25) is 11.8 Å². The van der Waals surface area contributed by atoms with Crippen molar-refractivity contribution in [1.29, 1.82) is 0 Å². The SMILES string of the molecule is C[C@@H]1CN([C@@H](C)CO)C(=O)c2cc(C#Cc3cccnc3)cnc2O[C@@H]1CN(C)C(=O)CC1CC1. The van der Waals surface area contributed by atoms with E-state index in [0.29, 0.717) is 36.6 Å². The maximum atomic E-state index is 13.5. The van der Waals surface area contributed by atoms with Gasteiger partial charge in [0.25, 0.3) is 5.91 Å². The molecule has 3 heterocycles.